The van der Waals surface area contributed by atoms with Crippen LogP contribution >= 0.6 is 11.6 Å². The molecule has 1 fully saturated rings. The molecule has 1 aromatic carbocycles. The topological polar surface area (TPSA) is 35.2 Å². The zero-order chi connectivity index (χ0) is 9.42. The molecule has 1 aromatic rings. The van der Waals surface area contributed by atoms with Gasteiger partial charge < -0.3 is 10.5 Å². The molecule has 0 saturated heterocycles. The fourth-order valence-electron chi connectivity index (χ4n) is 1.56. The third-order valence-electron chi connectivity index (χ3n) is 2.43. The molecular weight excluding hydrogens is 186 g/mol. The third-order valence-corrected chi connectivity index (χ3v) is 2.67. The summed E-state index contributed by atoms with van der Waals surface area (Å²) in [5.41, 5.74) is 6.95. The molecular formula is C10H12ClNO. The summed E-state index contributed by atoms with van der Waals surface area (Å²) in [7, 11) is 1.66. The molecule has 1 aliphatic rings. The van der Waals surface area contributed by atoms with E-state index in [1.807, 2.05) is 18.2 Å². The first kappa shape index (κ1) is 8.85. The summed E-state index contributed by atoms with van der Waals surface area (Å²) in [4.78, 5) is 0. The maximum Gasteiger partial charge on any atom is 0.123 e. The SMILES string of the molecule is COc1cc(Cl)ccc1[C@@H]1C[C@H]1N. The molecule has 0 radical (unpaired) electrons. The standard InChI is InChI=1S/C10H12ClNO/c1-13-10-4-6(11)2-3-7(10)8-5-9(8)12/h2-4,8-9H,5,12H2,1H3/t8-,9+/m0/s1. The van der Waals surface area contributed by atoms with E-state index in [1.165, 1.54) is 5.56 Å². The number of halogens is 1. The highest BCUT2D eigenvalue weighted by Gasteiger charge is 2.36. The Kier molecular flexibility index (Phi) is 2.18. The van der Waals surface area contributed by atoms with Gasteiger partial charge >= 0.3 is 0 Å². The van der Waals surface area contributed by atoms with Gasteiger partial charge in [-0.1, -0.05) is 17.7 Å². The summed E-state index contributed by atoms with van der Waals surface area (Å²) in [6.45, 7) is 0. The molecule has 0 amide bonds. The average molecular weight is 198 g/mol. The van der Waals surface area contributed by atoms with Gasteiger partial charge in [0.05, 0.1) is 7.11 Å². The maximum absolute atomic E-state index is 5.85. The van der Waals surface area contributed by atoms with Crippen LogP contribution in [0.5, 0.6) is 5.75 Å². The summed E-state index contributed by atoms with van der Waals surface area (Å²) in [5.74, 6) is 1.32. The lowest BCUT2D eigenvalue weighted by molar-refractivity contribution is 0.409. The molecule has 0 bridgehead atoms. The van der Waals surface area contributed by atoms with Crippen molar-refractivity contribution in [3.05, 3.63) is 28.8 Å². The number of rotatable bonds is 2. The van der Waals surface area contributed by atoms with E-state index >= 15 is 0 Å². The van der Waals surface area contributed by atoms with Crippen LogP contribution in [0.3, 0.4) is 0 Å². The van der Waals surface area contributed by atoms with Crippen molar-refractivity contribution in [3.63, 3.8) is 0 Å². The third kappa shape index (κ3) is 1.64. The Hall–Kier alpha value is -0.730. The molecule has 0 aromatic heterocycles. The zero-order valence-corrected chi connectivity index (χ0v) is 8.21. The van der Waals surface area contributed by atoms with Crippen molar-refractivity contribution in [2.45, 2.75) is 18.4 Å². The predicted molar refractivity (Wildman–Crippen MR) is 53.3 cm³/mol. The van der Waals surface area contributed by atoms with Crippen molar-refractivity contribution >= 4 is 11.6 Å². The van der Waals surface area contributed by atoms with E-state index in [2.05, 4.69) is 0 Å². The van der Waals surface area contributed by atoms with Crippen molar-refractivity contribution in [3.8, 4) is 5.75 Å². The number of hydrogen-bond donors (Lipinski definition) is 1. The molecule has 0 unspecified atom stereocenters. The van der Waals surface area contributed by atoms with Crippen LogP contribution in [0.1, 0.15) is 17.9 Å². The van der Waals surface area contributed by atoms with Gasteiger partial charge in [-0.25, -0.2) is 0 Å². The van der Waals surface area contributed by atoms with Gasteiger partial charge in [-0.2, -0.15) is 0 Å². The summed E-state index contributed by atoms with van der Waals surface area (Å²) in [5, 5.41) is 0.704. The summed E-state index contributed by atoms with van der Waals surface area (Å²) >= 11 is 5.85. The van der Waals surface area contributed by atoms with E-state index < -0.39 is 0 Å². The molecule has 13 heavy (non-hydrogen) atoms. The Morgan fingerprint density at radius 2 is 2.23 bits per heavy atom. The van der Waals surface area contributed by atoms with Crippen LogP contribution in [0.15, 0.2) is 18.2 Å². The highest BCUT2D eigenvalue weighted by molar-refractivity contribution is 6.30. The quantitative estimate of drug-likeness (QED) is 0.789. The fraction of sp³-hybridized carbons (Fsp3) is 0.400. The Labute approximate surface area is 82.6 Å². The minimum atomic E-state index is 0.301. The van der Waals surface area contributed by atoms with Crippen molar-refractivity contribution in [1.82, 2.24) is 0 Å². The molecule has 70 valence electrons. The molecule has 1 aliphatic carbocycles. The van der Waals surface area contributed by atoms with Gasteiger partial charge in [-0.3, -0.25) is 0 Å². The summed E-state index contributed by atoms with van der Waals surface area (Å²) in [6, 6.07) is 6.01. The molecule has 3 heteroatoms. The molecule has 0 spiro atoms. The van der Waals surface area contributed by atoms with Gasteiger partial charge in [-0.15, -0.1) is 0 Å². The highest BCUT2D eigenvalue weighted by Crippen LogP contribution is 2.43. The van der Waals surface area contributed by atoms with Crippen LogP contribution in [-0.2, 0) is 0 Å². The predicted octanol–water partition coefficient (Wildman–Crippen LogP) is 2.16. The van der Waals surface area contributed by atoms with Crippen molar-refractivity contribution in [2.75, 3.05) is 7.11 Å². The average Bonchev–Trinajstić information content (AvgIpc) is 2.82. The Balaban J connectivity index is 2.34. The van der Waals surface area contributed by atoms with Gasteiger partial charge in [0.2, 0.25) is 0 Å². The number of methoxy groups -OCH3 is 1. The minimum absolute atomic E-state index is 0.301. The maximum atomic E-state index is 5.85. The van der Waals surface area contributed by atoms with Gasteiger partial charge in [0, 0.05) is 17.0 Å². The molecule has 0 aliphatic heterocycles. The summed E-state index contributed by atoms with van der Waals surface area (Å²) < 4.78 is 5.24. The molecule has 2 atom stereocenters. The van der Waals surface area contributed by atoms with E-state index in [4.69, 9.17) is 22.1 Å². The Bertz CT molecular complexity index is 327. The van der Waals surface area contributed by atoms with Crippen LogP contribution in [-0.4, -0.2) is 13.2 Å². The van der Waals surface area contributed by atoms with Gasteiger partial charge in [0.25, 0.3) is 0 Å². The first-order chi connectivity index (χ1) is 6.22. The minimum Gasteiger partial charge on any atom is -0.496 e. The van der Waals surface area contributed by atoms with Crippen molar-refractivity contribution in [2.24, 2.45) is 5.73 Å². The van der Waals surface area contributed by atoms with Gasteiger partial charge in [0.1, 0.15) is 5.75 Å². The Morgan fingerprint density at radius 3 is 2.77 bits per heavy atom. The first-order valence-electron chi connectivity index (χ1n) is 4.31. The number of nitrogens with two attached hydrogens (primary N) is 1. The van der Waals surface area contributed by atoms with Gasteiger partial charge in [0.15, 0.2) is 0 Å². The van der Waals surface area contributed by atoms with Crippen molar-refractivity contribution in [1.29, 1.82) is 0 Å². The van der Waals surface area contributed by atoms with E-state index in [9.17, 15) is 0 Å². The van der Waals surface area contributed by atoms with Crippen LogP contribution < -0.4 is 10.5 Å². The lowest BCUT2D eigenvalue weighted by Gasteiger charge is -2.07. The number of ether oxygens (including phenoxy) is 1. The van der Waals surface area contributed by atoms with E-state index in [-0.39, 0.29) is 0 Å². The number of hydrogen-bond acceptors (Lipinski definition) is 2. The molecule has 2 rings (SSSR count). The van der Waals surface area contributed by atoms with Crippen molar-refractivity contribution < 1.29 is 4.74 Å². The van der Waals surface area contributed by atoms with E-state index in [1.54, 1.807) is 7.11 Å². The largest absolute Gasteiger partial charge is 0.496 e. The second-order valence-electron chi connectivity index (χ2n) is 3.39. The second kappa shape index (κ2) is 3.20. The molecule has 0 heterocycles. The Morgan fingerprint density at radius 1 is 1.54 bits per heavy atom. The van der Waals surface area contributed by atoms with Gasteiger partial charge in [-0.05, 0) is 24.1 Å². The monoisotopic (exact) mass is 197 g/mol. The van der Waals surface area contributed by atoms with Crippen LogP contribution in [0.4, 0.5) is 0 Å². The summed E-state index contributed by atoms with van der Waals surface area (Å²) in [6.07, 6.45) is 1.05. The normalized spacial score (nSPS) is 25.8. The molecule has 1 saturated carbocycles. The van der Waals surface area contributed by atoms with Crippen LogP contribution in [0, 0.1) is 0 Å². The smallest absolute Gasteiger partial charge is 0.123 e. The molecule has 2 nitrogen and oxygen atoms in total. The van der Waals surface area contributed by atoms with E-state index in [0.717, 1.165) is 12.2 Å². The first-order valence-corrected chi connectivity index (χ1v) is 4.69. The molecule has 2 N–H and O–H groups in total. The van der Waals surface area contributed by atoms with E-state index in [0.29, 0.717) is 17.0 Å². The second-order valence-corrected chi connectivity index (χ2v) is 3.83. The lowest BCUT2D eigenvalue weighted by Crippen LogP contribution is -2.02. The number of benzene rings is 1. The van der Waals surface area contributed by atoms with Crippen LogP contribution in [0.25, 0.3) is 0 Å². The fourth-order valence-corrected chi connectivity index (χ4v) is 1.73. The zero-order valence-electron chi connectivity index (χ0n) is 7.46. The van der Waals surface area contributed by atoms with Crippen LogP contribution in [0.2, 0.25) is 5.02 Å². The lowest BCUT2D eigenvalue weighted by atomic mass is 10.1. The highest BCUT2D eigenvalue weighted by atomic mass is 35.5.